The Hall–Kier alpha value is -2.64. The summed E-state index contributed by atoms with van der Waals surface area (Å²) in [5.41, 5.74) is 1.34. The van der Waals surface area contributed by atoms with Crippen LogP contribution in [0.5, 0.6) is 5.75 Å². The lowest BCUT2D eigenvalue weighted by Gasteiger charge is -2.39. The molecule has 0 spiro atoms. The van der Waals surface area contributed by atoms with E-state index < -0.39 is 5.82 Å². The molecule has 2 amide bonds. The molecule has 2 aromatic carbocycles. The summed E-state index contributed by atoms with van der Waals surface area (Å²) in [5.74, 6) is -0.401. The Labute approximate surface area is 185 Å². The highest BCUT2D eigenvalue weighted by Gasteiger charge is 2.57. The first kappa shape index (κ1) is 21.6. The smallest absolute Gasteiger partial charge is 0.258 e. The van der Waals surface area contributed by atoms with Crippen molar-refractivity contribution in [2.75, 3.05) is 13.7 Å². The monoisotopic (exact) mass is 446 g/mol. The summed E-state index contributed by atoms with van der Waals surface area (Å²) in [7, 11) is 1.63. The molecule has 0 saturated heterocycles. The van der Waals surface area contributed by atoms with Gasteiger partial charge in [0.2, 0.25) is 0 Å². The van der Waals surface area contributed by atoms with Crippen molar-refractivity contribution in [3.05, 3.63) is 64.4 Å². The second kappa shape index (κ2) is 8.85. The van der Waals surface area contributed by atoms with Gasteiger partial charge in [0, 0.05) is 30.3 Å². The molecule has 0 unspecified atom stereocenters. The van der Waals surface area contributed by atoms with Crippen LogP contribution in [-0.2, 0) is 16.1 Å². The van der Waals surface area contributed by atoms with Gasteiger partial charge in [0.15, 0.2) is 6.61 Å². The summed E-state index contributed by atoms with van der Waals surface area (Å²) < 4.78 is 23.9. The highest BCUT2D eigenvalue weighted by molar-refractivity contribution is 6.30. The molecule has 0 heterocycles. The lowest BCUT2D eigenvalue weighted by molar-refractivity contribution is -0.124. The number of nitrogens with one attached hydrogen (secondary N) is 2. The fourth-order valence-corrected chi connectivity index (χ4v) is 4.62. The first-order valence-electron chi connectivity index (χ1n) is 10.1. The van der Waals surface area contributed by atoms with Crippen LogP contribution in [-0.4, -0.2) is 37.1 Å². The number of carbonyl (C=O) groups excluding carboxylic acids is 2. The summed E-state index contributed by atoms with van der Waals surface area (Å²) in [6.07, 6.45) is 2.37. The Morgan fingerprint density at radius 2 is 1.90 bits per heavy atom. The highest BCUT2D eigenvalue weighted by Crippen LogP contribution is 2.52. The maximum atomic E-state index is 13.5. The van der Waals surface area contributed by atoms with E-state index in [4.69, 9.17) is 21.1 Å². The normalized spacial score (nSPS) is 23.7. The molecule has 6 nitrogen and oxygen atoms in total. The molecule has 31 heavy (non-hydrogen) atoms. The van der Waals surface area contributed by atoms with Crippen molar-refractivity contribution in [2.24, 2.45) is 5.92 Å². The Bertz CT molecular complexity index is 976. The van der Waals surface area contributed by atoms with Crippen LogP contribution in [0.4, 0.5) is 4.39 Å². The average Bonchev–Trinajstić information content (AvgIpc) is 3.23. The maximum absolute atomic E-state index is 13.5. The van der Waals surface area contributed by atoms with Gasteiger partial charge in [-0.15, -0.1) is 0 Å². The molecule has 8 heteroatoms. The van der Waals surface area contributed by atoms with Crippen molar-refractivity contribution in [1.29, 1.82) is 0 Å². The van der Waals surface area contributed by atoms with Gasteiger partial charge in [-0.1, -0.05) is 23.7 Å². The van der Waals surface area contributed by atoms with E-state index >= 15 is 0 Å². The lowest BCUT2D eigenvalue weighted by atomic mass is 9.76. The third-order valence-electron chi connectivity index (χ3n) is 6.00. The molecule has 0 radical (unpaired) electrons. The molecule has 0 aliphatic heterocycles. The molecule has 164 valence electrons. The third-order valence-corrected chi connectivity index (χ3v) is 6.31. The minimum Gasteiger partial charge on any atom is -0.484 e. The highest BCUT2D eigenvalue weighted by atomic mass is 35.5. The van der Waals surface area contributed by atoms with Gasteiger partial charge in [0.25, 0.3) is 11.8 Å². The summed E-state index contributed by atoms with van der Waals surface area (Å²) >= 11 is 5.64. The SMILES string of the molecule is COCc1ccc(C(=O)NC23CC(C2)[C@@H](NC(=O)COc2ccc(Cl)c(F)c2)C3)cc1. The van der Waals surface area contributed by atoms with E-state index in [1.54, 1.807) is 19.2 Å². The zero-order chi connectivity index (χ0) is 22.0. The summed E-state index contributed by atoms with van der Waals surface area (Å²) in [6.45, 7) is 0.295. The number of rotatable bonds is 8. The van der Waals surface area contributed by atoms with Crippen LogP contribution in [0.1, 0.15) is 35.2 Å². The Morgan fingerprint density at radius 1 is 1.16 bits per heavy atom. The number of fused-ring (bicyclic) bond motifs is 1. The number of amides is 2. The largest absolute Gasteiger partial charge is 0.484 e. The maximum Gasteiger partial charge on any atom is 0.258 e. The number of methoxy groups -OCH3 is 1. The average molecular weight is 447 g/mol. The Balaban J connectivity index is 1.26. The Kier molecular flexibility index (Phi) is 6.16. The molecule has 3 aliphatic carbocycles. The molecule has 2 bridgehead atoms. The van der Waals surface area contributed by atoms with E-state index in [2.05, 4.69) is 10.6 Å². The lowest BCUT2D eigenvalue weighted by Crippen LogP contribution is -2.51. The molecule has 0 aromatic heterocycles. The molecule has 1 atom stereocenters. The molecule has 2 N–H and O–H groups in total. The molecular formula is C23H24ClFN2O4. The van der Waals surface area contributed by atoms with Gasteiger partial charge in [0.1, 0.15) is 11.6 Å². The molecule has 2 aromatic rings. The zero-order valence-corrected chi connectivity index (χ0v) is 17.9. The van der Waals surface area contributed by atoms with Crippen LogP contribution in [0.15, 0.2) is 42.5 Å². The quantitative estimate of drug-likeness (QED) is 0.651. The van der Waals surface area contributed by atoms with Gasteiger partial charge in [0.05, 0.1) is 11.6 Å². The van der Waals surface area contributed by atoms with Crippen molar-refractivity contribution in [1.82, 2.24) is 10.6 Å². The fraction of sp³-hybridized carbons (Fsp3) is 0.391. The van der Waals surface area contributed by atoms with Crippen LogP contribution in [0.25, 0.3) is 0 Å². The second-order valence-corrected chi connectivity index (χ2v) is 8.68. The van der Waals surface area contributed by atoms with E-state index in [9.17, 15) is 14.0 Å². The summed E-state index contributed by atoms with van der Waals surface area (Å²) in [6, 6.07) is 11.4. The Morgan fingerprint density at radius 3 is 2.58 bits per heavy atom. The molecule has 3 aliphatic rings. The van der Waals surface area contributed by atoms with E-state index in [-0.39, 0.29) is 40.8 Å². The van der Waals surface area contributed by atoms with Crippen LogP contribution in [0, 0.1) is 11.7 Å². The van der Waals surface area contributed by atoms with Crippen molar-refractivity contribution in [3.63, 3.8) is 0 Å². The minimum absolute atomic E-state index is 0.000738. The number of hydrogen-bond donors (Lipinski definition) is 2. The van der Waals surface area contributed by atoms with Crippen LogP contribution in [0.2, 0.25) is 5.02 Å². The standard InChI is InChI=1S/C23H24ClFN2O4/c1-30-12-14-2-4-15(5-3-14)22(29)27-23-9-16(10-23)20(11-23)26-21(28)13-31-17-6-7-18(24)19(25)8-17/h2-8,16,20H,9-13H2,1H3,(H,26,28)(H,27,29)/t16?,20-,23?/m0/s1. The third kappa shape index (κ3) is 4.83. The van der Waals surface area contributed by atoms with Gasteiger partial charge in [-0.25, -0.2) is 4.39 Å². The molecule has 3 fully saturated rings. The minimum atomic E-state index is -0.595. The number of ether oxygens (including phenoxy) is 2. The van der Waals surface area contributed by atoms with Crippen LogP contribution in [0.3, 0.4) is 0 Å². The molecule has 5 rings (SSSR count). The second-order valence-electron chi connectivity index (χ2n) is 8.28. The first-order chi connectivity index (χ1) is 14.9. The van der Waals surface area contributed by atoms with Gasteiger partial charge >= 0.3 is 0 Å². The zero-order valence-electron chi connectivity index (χ0n) is 17.1. The fourth-order valence-electron chi connectivity index (χ4n) is 4.50. The summed E-state index contributed by atoms with van der Waals surface area (Å²) in [5, 5.41) is 6.13. The number of hydrogen-bond acceptors (Lipinski definition) is 4. The van der Waals surface area contributed by atoms with E-state index in [0.717, 1.165) is 24.5 Å². The van der Waals surface area contributed by atoms with Gasteiger partial charge in [-0.3, -0.25) is 9.59 Å². The van der Waals surface area contributed by atoms with Crippen molar-refractivity contribution >= 4 is 23.4 Å². The first-order valence-corrected chi connectivity index (χ1v) is 10.5. The van der Waals surface area contributed by atoms with E-state index in [1.165, 1.54) is 12.1 Å². The van der Waals surface area contributed by atoms with Crippen molar-refractivity contribution < 1.29 is 23.5 Å². The van der Waals surface area contributed by atoms with E-state index in [0.29, 0.717) is 24.5 Å². The van der Waals surface area contributed by atoms with Crippen LogP contribution >= 0.6 is 11.6 Å². The molecular weight excluding hydrogens is 423 g/mol. The summed E-state index contributed by atoms with van der Waals surface area (Å²) in [4.78, 5) is 24.9. The van der Waals surface area contributed by atoms with E-state index in [1.807, 2.05) is 12.1 Å². The van der Waals surface area contributed by atoms with Crippen molar-refractivity contribution in [2.45, 2.75) is 37.5 Å². The van der Waals surface area contributed by atoms with Gasteiger partial charge in [-0.05, 0) is 55.0 Å². The number of benzene rings is 2. The predicted octanol–water partition coefficient (Wildman–Crippen LogP) is 3.47. The predicted molar refractivity (Wildman–Crippen MR) is 114 cm³/mol. The number of halogens is 2. The molecule has 3 saturated carbocycles. The van der Waals surface area contributed by atoms with Crippen LogP contribution < -0.4 is 15.4 Å². The van der Waals surface area contributed by atoms with Crippen molar-refractivity contribution in [3.8, 4) is 5.75 Å². The number of carbonyl (C=O) groups is 2. The van der Waals surface area contributed by atoms with Gasteiger partial charge < -0.3 is 20.1 Å². The van der Waals surface area contributed by atoms with Gasteiger partial charge in [-0.2, -0.15) is 0 Å². The topological polar surface area (TPSA) is 76.7 Å².